The largest absolute Gasteiger partial charge is 0.307 e. The molecule has 1 nitrogen and oxygen atoms in total. The zero-order valence-corrected chi connectivity index (χ0v) is 13.5. The van der Waals surface area contributed by atoms with E-state index in [0.29, 0.717) is 17.1 Å². The lowest BCUT2D eigenvalue weighted by Crippen LogP contribution is -2.32. The molecule has 0 aliphatic carbocycles. The van der Waals surface area contributed by atoms with E-state index in [2.05, 4.69) is 26.1 Å². The number of thioether (sulfide) groups is 1. The Hall–Kier alpha value is 0.110. The SMILES string of the molecule is CCSCC(C)NC(CC)c1ccc(Cl)cc1Cl. The monoisotopic (exact) mass is 305 g/mol. The van der Waals surface area contributed by atoms with E-state index in [1.54, 1.807) is 0 Å². The first kappa shape index (κ1) is 16.2. The zero-order chi connectivity index (χ0) is 13.5. The number of halogens is 2. The molecule has 1 N–H and O–H groups in total. The van der Waals surface area contributed by atoms with E-state index in [-0.39, 0.29) is 0 Å². The predicted octanol–water partition coefficient (Wildman–Crippen LogP) is 5.18. The molecule has 102 valence electrons. The molecule has 0 saturated heterocycles. The Kier molecular flexibility index (Phi) is 7.47. The highest BCUT2D eigenvalue weighted by Crippen LogP contribution is 2.28. The van der Waals surface area contributed by atoms with Crippen molar-refractivity contribution >= 4 is 35.0 Å². The van der Waals surface area contributed by atoms with Crippen molar-refractivity contribution in [3.8, 4) is 0 Å². The maximum Gasteiger partial charge on any atom is 0.0468 e. The first-order chi connectivity index (χ1) is 8.58. The van der Waals surface area contributed by atoms with Crippen LogP contribution in [0.5, 0.6) is 0 Å². The molecule has 1 aromatic rings. The Bertz CT molecular complexity index is 371. The van der Waals surface area contributed by atoms with Crippen molar-refractivity contribution in [1.82, 2.24) is 5.32 Å². The maximum atomic E-state index is 6.26. The Balaban J connectivity index is 2.70. The van der Waals surface area contributed by atoms with Gasteiger partial charge in [-0.05, 0) is 36.8 Å². The van der Waals surface area contributed by atoms with E-state index in [0.717, 1.165) is 28.5 Å². The van der Waals surface area contributed by atoms with E-state index >= 15 is 0 Å². The highest BCUT2D eigenvalue weighted by molar-refractivity contribution is 7.99. The molecular formula is C14H21Cl2NS. The standard InChI is InChI=1S/C14H21Cl2NS/c1-4-14(17-10(3)9-18-5-2)12-7-6-11(15)8-13(12)16/h6-8,10,14,17H,4-5,9H2,1-3H3. The van der Waals surface area contributed by atoms with Crippen LogP contribution < -0.4 is 5.32 Å². The molecule has 1 aromatic carbocycles. The lowest BCUT2D eigenvalue weighted by Gasteiger charge is -2.23. The number of nitrogens with one attached hydrogen (secondary N) is 1. The summed E-state index contributed by atoms with van der Waals surface area (Å²) in [7, 11) is 0. The normalized spacial score (nSPS) is 14.5. The van der Waals surface area contributed by atoms with Crippen molar-refractivity contribution in [2.24, 2.45) is 0 Å². The van der Waals surface area contributed by atoms with Crippen molar-refractivity contribution in [2.75, 3.05) is 11.5 Å². The van der Waals surface area contributed by atoms with Crippen molar-refractivity contribution in [3.63, 3.8) is 0 Å². The smallest absolute Gasteiger partial charge is 0.0468 e. The second-order valence-electron chi connectivity index (χ2n) is 4.35. The highest BCUT2D eigenvalue weighted by Gasteiger charge is 2.15. The summed E-state index contributed by atoms with van der Waals surface area (Å²) in [6.07, 6.45) is 1.02. The Labute approximate surface area is 125 Å². The highest BCUT2D eigenvalue weighted by atomic mass is 35.5. The van der Waals surface area contributed by atoms with Gasteiger partial charge in [0.1, 0.15) is 0 Å². The van der Waals surface area contributed by atoms with Crippen LogP contribution in [0.2, 0.25) is 10.0 Å². The predicted molar refractivity (Wildman–Crippen MR) is 85.1 cm³/mol. The van der Waals surface area contributed by atoms with Gasteiger partial charge >= 0.3 is 0 Å². The molecule has 0 radical (unpaired) electrons. The van der Waals surface area contributed by atoms with Crippen LogP contribution in [0.25, 0.3) is 0 Å². The van der Waals surface area contributed by atoms with Gasteiger partial charge in [0.05, 0.1) is 0 Å². The van der Waals surface area contributed by atoms with E-state index in [9.17, 15) is 0 Å². The minimum atomic E-state index is 0.294. The molecule has 0 aliphatic rings. The summed E-state index contributed by atoms with van der Waals surface area (Å²) in [6.45, 7) is 6.57. The Morgan fingerprint density at radius 1 is 1.28 bits per heavy atom. The van der Waals surface area contributed by atoms with Crippen LogP contribution in [0, 0.1) is 0 Å². The summed E-state index contributed by atoms with van der Waals surface area (Å²) in [5.74, 6) is 2.28. The van der Waals surface area contributed by atoms with Gasteiger partial charge in [0.2, 0.25) is 0 Å². The molecule has 18 heavy (non-hydrogen) atoms. The minimum Gasteiger partial charge on any atom is -0.307 e. The topological polar surface area (TPSA) is 12.0 Å². The summed E-state index contributed by atoms with van der Waals surface area (Å²) < 4.78 is 0. The van der Waals surface area contributed by atoms with Crippen molar-refractivity contribution in [1.29, 1.82) is 0 Å². The van der Waals surface area contributed by atoms with Gasteiger partial charge in [0.25, 0.3) is 0 Å². The fraction of sp³-hybridized carbons (Fsp3) is 0.571. The molecule has 0 saturated carbocycles. The molecule has 0 spiro atoms. The van der Waals surface area contributed by atoms with Crippen molar-refractivity contribution in [3.05, 3.63) is 33.8 Å². The third-order valence-corrected chi connectivity index (χ3v) is 4.51. The Morgan fingerprint density at radius 2 is 2.00 bits per heavy atom. The lowest BCUT2D eigenvalue weighted by atomic mass is 10.0. The molecule has 2 unspecified atom stereocenters. The van der Waals surface area contributed by atoms with Crippen LogP contribution in [-0.4, -0.2) is 17.5 Å². The van der Waals surface area contributed by atoms with Crippen LogP contribution in [0.4, 0.5) is 0 Å². The summed E-state index contributed by atoms with van der Waals surface area (Å²) in [5, 5.41) is 5.07. The lowest BCUT2D eigenvalue weighted by molar-refractivity contribution is 0.470. The number of benzene rings is 1. The number of hydrogen-bond donors (Lipinski definition) is 1. The quantitative estimate of drug-likeness (QED) is 0.745. The Morgan fingerprint density at radius 3 is 2.56 bits per heavy atom. The van der Waals surface area contributed by atoms with Gasteiger partial charge in [0, 0.05) is 27.9 Å². The molecule has 0 aliphatic heterocycles. The van der Waals surface area contributed by atoms with Crippen molar-refractivity contribution < 1.29 is 0 Å². The molecule has 2 atom stereocenters. The summed E-state index contributed by atoms with van der Waals surface area (Å²) in [4.78, 5) is 0. The zero-order valence-electron chi connectivity index (χ0n) is 11.2. The molecule has 0 fully saturated rings. The van der Waals surface area contributed by atoms with Crippen LogP contribution in [0.15, 0.2) is 18.2 Å². The van der Waals surface area contributed by atoms with E-state index < -0.39 is 0 Å². The van der Waals surface area contributed by atoms with Gasteiger partial charge in [0.15, 0.2) is 0 Å². The van der Waals surface area contributed by atoms with Gasteiger partial charge in [-0.2, -0.15) is 11.8 Å². The van der Waals surface area contributed by atoms with E-state index in [1.807, 2.05) is 30.0 Å². The summed E-state index contributed by atoms with van der Waals surface area (Å²) >= 11 is 14.1. The fourth-order valence-corrected chi connectivity index (χ4v) is 3.12. The second-order valence-corrected chi connectivity index (χ2v) is 6.52. The maximum absolute atomic E-state index is 6.26. The molecule has 0 amide bonds. The van der Waals surface area contributed by atoms with Gasteiger partial charge in [-0.15, -0.1) is 0 Å². The van der Waals surface area contributed by atoms with Gasteiger partial charge in [-0.1, -0.05) is 43.1 Å². The fourth-order valence-electron chi connectivity index (χ4n) is 1.90. The third-order valence-electron chi connectivity index (χ3n) is 2.80. The molecule has 0 aromatic heterocycles. The molecule has 0 bridgehead atoms. The van der Waals surface area contributed by atoms with Crippen molar-refractivity contribution in [2.45, 2.75) is 39.3 Å². The van der Waals surface area contributed by atoms with Crippen LogP contribution in [-0.2, 0) is 0 Å². The molecular weight excluding hydrogens is 285 g/mol. The second kappa shape index (κ2) is 8.31. The molecule has 1 rings (SSSR count). The number of rotatable bonds is 7. The molecule has 4 heteroatoms. The van der Waals surface area contributed by atoms with Crippen LogP contribution in [0.3, 0.4) is 0 Å². The van der Waals surface area contributed by atoms with Gasteiger partial charge in [-0.25, -0.2) is 0 Å². The summed E-state index contributed by atoms with van der Waals surface area (Å²) in [6, 6.07) is 6.51. The first-order valence-corrected chi connectivity index (χ1v) is 8.28. The molecule has 0 heterocycles. The van der Waals surface area contributed by atoms with Crippen LogP contribution in [0.1, 0.15) is 38.8 Å². The third kappa shape index (κ3) is 5.00. The minimum absolute atomic E-state index is 0.294. The number of hydrogen-bond acceptors (Lipinski definition) is 2. The van der Waals surface area contributed by atoms with E-state index in [4.69, 9.17) is 23.2 Å². The van der Waals surface area contributed by atoms with Crippen LogP contribution >= 0.6 is 35.0 Å². The average molecular weight is 306 g/mol. The first-order valence-electron chi connectivity index (χ1n) is 6.37. The average Bonchev–Trinajstić information content (AvgIpc) is 2.34. The van der Waals surface area contributed by atoms with E-state index in [1.165, 1.54) is 0 Å². The summed E-state index contributed by atoms with van der Waals surface area (Å²) in [5.41, 5.74) is 1.14. The van der Waals surface area contributed by atoms with Gasteiger partial charge in [-0.3, -0.25) is 0 Å². The van der Waals surface area contributed by atoms with Gasteiger partial charge < -0.3 is 5.32 Å².